The van der Waals surface area contributed by atoms with Crippen LogP contribution in [0.4, 0.5) is 11.4 Å². The van der Waals surface area contributed by atoms with Gasteiger partial charge in [-0.3, -0.25) is 9.59 Å². The molecule has 0 unspecified atom stereocenters. The summed E-state index contributed by atoms with van der Waals surface area (Å²) in [7, 11) is -3.93. The van der Waals surface area contributed by atoms with Crippen molar-refractivity contribution in [1.29, 1.82) is 0 Å². The molecule has 0 aliphatic rings. The number of hydrogen-bond donors (Lipinski definition) is 2. The van der Waals surface area contributed by atoms with Crippen LogP contribution in [0.15, 0.2) is 107 Å². The smallest absolute Gasteiger partial charge is 0.255 e. The van der Waals surface area contributed by atoms with E-state index >= 15 is 0 Å². The molecule has 0 radical (unpaired) electrons. The molecule has 176 valence electrons. The number of anilines is 2. The highest BCUT2D eigenvalue weighted by Crippen LogP contribution is 2.26. The van der Waals surface area contributed by atoms with Crippen LogP contribution in [0.5, 0.6) is 0 Å². The molecule has 2 amide bonds. The van der Waals surface area contributed by atoms with Gasteiger partial charge in [-0.25, -0.2) is 8.42 Å². The van der Waals surface area contributed by atoms with Crippen molar-refractivity contribution >= 4 is 56.2 Å². The molecule has 0 fully saturated rings. The second kappa shape index (κ2) is 10.3. The first-order valence-electron chi connectivity index (χ1n) is 10.3. The quantitative estimate of drug-likeness (QED) is 0.308. The Hall–Kier alpha value is -3.65. The fraction of sp³-hybridized carbons (Fsp3) is 0. The van der Waals surface area contributed by atoms with E-state index in [2.05, 4.69) is 10.6 Å². The highest BCUT2D eigenvalue weighted by Gasteiger charge is 2.19. The summed E-state index contributed by atoms with van der Waals surface area (Å²) in [4.78, 5) is 25.0. The summed E-state index contributed by atoms with van der Waals surface area (Å²) in [5.41, 5.74) is 1.40. The Morgan fingerprint density at radius 1 is 0.571 bits per heavy atom. The first-order valence-corrected chi connectivity index (χ1v) is 12.6. The molecule has 0 aliphatic heterocycles. The fourth-order valence-corrected chi connectivity index (χ4v) is 4.83. The molecule has 4 aromatic carbocycles. The second-order valence-corrected chi connectivity index (χ2v) is 10.3. The van der Waals surface area contributed by atoms with Crippen LogP contribution in [0.3, 0.4) is 0 Å². The first-order chi connectivity index (χ1) is 16.7. The fourth-order valence-electron chi connectivity index (χ4n) is 3.23. The molecule has 35 heavy (non-hydrogen) atoms. The van der Waals surface area contributed by atoms with Crippen molar-refractivity contribution < 1.29 is 18.0 Å². The van der Waals surface area contributed by atoms with Crippen molar-refractivity contribution in [3.8, 4) is 0 Å². The van der Waals surface area contributed by atoms with Gasteiger partial charge < -0.3 is 10.6 Å². The number of nitrogens with one attached hydrogen (secondary N) is 2. The molecule has 0 heterocycles. The molecule has 0 bridgehead atoms. The Morgan fingerprint density at radius 2 is 0.943 bits per heavy atom. The average Bonchev–Trinajstić information content (AvgIpc) is 2.85. The zero-order chi connectivity index (χ0) is 25.0. The highest BCUT2D eigenvalue weighted by atomic mass is 35.5. The minimum atomic E-state index is -3.93. The van der Waals surface area contributed by atoms with E-state index in [0.29, 0.717) is 32.5 Å². The predicted molar refractivity (Wildman–Crippen MR) is 137 cm³/mol. The van der Waals surface area contributed by atoms with Crippen LogP contribution in [-0.2, 0) is 9.84 Å². The molecule has 0 saturated carbocycles. The lowest BCUT2D eigenvalue weighted by Crippen LogP contribution is -2.13. The van der Waals surface area contributed by atoms with Gasteiger partial charge in [0.2, 0.25) is 9.84 Å². The van der Waals surface area contributed by atoms with E-state index in [-0.39, 0.29) is 9.79 Å². The van der Waals surface area contributed by atoms with E-state index in [1.165, 1.54) is 36.4 Å². The minimum absolute atomic E-state index is 0.00687. The maximum absolute atomic E-state index is 13.3. The minimum Gasteiger partial charge on any atom is -0.322 e. The maximum atomic E-state index is 13.3. The largest absolute Gasteiger partial charge is 0.322 e. The number of carbonyl (C=O) groups excluding carboxylic acids is 2. The van der Waals surface area contributed by atoms with Crippen LogP contribution in [0.25, 0.3) is 0 Å². The van der Waals surface area contributed by atoms with Crippen molar-refractivity contribution in [2.24, 2.45) is 0 Å². The Labute approximate surface area is 212 Å². The standard InChI is InChI=1S/C26H18Cl2N2O4S/c27-19-11-7-17(8-12-19)25(31)29-21-3-1-5-23(15-21)35(33,34)24-6-2-4-22(16-24)30-26(32)18-9-13-20(28)14-10-18/h1-16H,(H,29,31)(H,30,32). The highest BCUT2D eigenvalue weighted by molar-refractivity contribution is 7.91. The molecule has 4 aromatic rings. The zero-order valence-corrected chi connectivity index (χ0v) is 20.4. The van der Waals surface area contributed by atoms with Gasteiger partial charge in [0.1, 0.15) is 0 Å². The van der Waals surface area contributed by atoms with E-state index < -0.39 is 21.7 Å². The number of hydrogen-bond acceptors (Lipinski definition) is 4. The normalized spacial score (nSPS) is 11.0. The van der Waals surface area contributed by atoms with E-state index in [0.717, 1.165) is 0 Å². The average molecular weight is 525 g/mol. The van der Waals surface area contributed by atoms with E-state index in [9.17, 15) is 18.0 Å². The van der Waals surface area contributed by atoms with Gasteiger partial charge in [-0.1, -0.05) is 35.3 Å². The summed E-state index contributed by atoms with van der Waals surface area (Å²) < 4.78 is 26.5. The number of sulfone groups is 1. The van der Waals surface area contributed by atoms with Crippen molar-refractivity contribution in [1.82, 2.24) is 0 Å². The molecule has 0 aliphatic carbocycles. The van der Waals surface area contributed by atoms with Crippen LogP contribution >= 0.6 is 23.2 Å². The molecule has 0 aromatic heterocycles. The molecule has 9 heteroatoms. The molecule has 6 nitrogen and oxygen atoms in total. The van der Waals surface area contributed by atoms with Gasteiger partial charge in [-0.2, -0.15) is 0 Å². The SMILES string of the molecule is O=C(Nc1cccc(S(=O)(=O)c2cccc(NC(=O)c3ccc(Cl)cc3)c2)c1)c1ccc(Cl)cc1. The summed E-state index contributed by atoms with van der Waals surface area (Å²) in [5, 5.41) is 6.38. The van der Waals surface area contributed by atoms with Crippen LogP contribution in [0.1, 0.15) is 20.7 Å². The van der Waals surface area contributed by atoms with Crippen LogP contribution in [-0.4, -0.2) is 20.2 Å². The van der Waals surface area contributed by atoms with Crippen LogP contribution in [0, 0.1) is 0 Å². The summed E-state index contributed by atoms with van der Waals surface area (Å²) in [6.07, 6.45) is 0. The van der Waals surface area contributed by atoms with Crippen molar-refractivity contribution in [3.05, 3.63) is 118 Å². The van der Waals surface area contributed by atoms with Crippen molar-refractivity contribution in [2.75, 3.05) is 10.6 Å². The van der Waals surface area contributed by atoms with Gasteiger partial charge in [0.25, 0.3) is 11.8 Å². The number of benzene rings is 4. The summed E-state index contributed by atoms with van der Waals surface area (Å²) in [6.45, 7) is 0. The third-order valence-corrected chi connectivity index (χ3v) is 7.27. The maximum Gasteiger partial charge on any atom is 0.255 e. The van der Waals surface area contributed by atoms with Gasteiger partial charge in [-0.15, -0.1) is 0 Å². The third kappa shape index (κ3) is 5.89. The lowest BCUT2D eigenvalue weighted by atomic mass is 10.2. The summed E-state index contributed by atoms with van der Waals surface area (Å²) in [5.74, 6) is -0.800. The Morgan fingerprint density at radius 3 is 1.31 bits per heavy atom. The van der Waals surface area contributed by atoms with Gasteiger partial charge in [-0.05, 0) is 84.9 Å². The van der Waals surface area contributed by atoms with Gasteiger partial charge in [0, 0.05) is 32.5 Å². The lowest BCUT2D eigenvalue weighted by Gasteiger charge is -2.11. The topological polar surface area (TPSA) is 92.3 Å². The predicted octanol–water partition coefficient (Wildman–Crippen LogP) is 6.33. The molecule has 4 rings (SSSR count). The number of halogens is 2. The lowest BCUT2D eigenvalue weighted by molar-refractivity contribution is 0.101. The Bertz CT molecular complexity index is 1390. The third-order valence-electron chi connectivity index (χ3n) is 5.02. The molecular weight excluding hydrogens is 507 g/mol. The number of rotatable bonds is 6. The van der Waals surface area contributed by atoms with Crippen LogP contribution < -0.4 is 10.6 Å². The number of carbonyl (C=O) groups is 2. The van der Waals surface area contributed by atoms with Crippen molar-refractivity contribution in [2.45, 2.75) is 9.79 Å². The number of amides is 2. The molecule has 0 spiro atoms. The van der Waals surface area contributed by atoms with Gasteiger partial charge in [0.15, 0.2) is 0 Å². The molecule has 2 N–H and O–H groups in total. The summed E-state index contributed by atoms with van der Waals surface area (Å²) in [6, 6.07) is 24.5. The Kier molecular flexibility index (Phi) is 7.21. The van der Waals surface area contributed by atoms with Gasteiger partial charge in [0.05, 0.1) is 9.79 Å². The molecule has 0 saturated heterocycles. The second-order valence-electron chi connectivity index (χ2n) is 7.48. The molecular formula is C26H18Cl2N2O4S. The van der Waals surface area contributed by atoms with Gasteiger partial charge >= 0.3 is 0 Å². The van der Waals surface area contributed by atoms with Crippen LogP contribution in [0.2, 0.25) is 10.0 Å². The van der Waals surface area contributed by atoms with Crippen molar-refractivity contribution in [3.63, 3.8) is 0 Å². The monoisotopic (exact) mass is 524 g/mol. The van der Waals surface area contributed by atoms with E-state index in [1.54, 1.807) is 60.7 Å². The molecule has 0 atom stereocenters. The summed E-state index contributed by atoms with van der Waals surface area (Å²) >= 11 is 11.7. The van der Waals surface area contributed by atoms with E-state index in [4.69, 9.17) is 23.2 Å². The van der Waals surface area contributed by atoms with E-state index in [1.807, 2.05) is 0 Å². The first kappa shape index (κ1) is 24.5. The Balaban J connectivity index is 1.54. The zero-order valence-electron chi connectivity index (χ0n) is 18.0.